The number of fused-ring (bicyclic) bond motifs is 2. The zero-order chi connectivity index (χ0) is 20.3. The normalized spacial score (nSPS) is 16.8. The lowest BCUT2D eigenvalue weighted by Crippen LogP contribution is -2.46. The molecule has 0 amide bonds. The SMILES string of the molecule is CN1C=c2cc(OCCCN3CCN(c4cccc5sccc45)CC3)ccc2=NC1. The first-order valence-electron chi connectivity index (χ1n) is 10.7. The summed E-state index contributed by atoms with van der Waals surface area (Å²) in [7, 11) is 2.04. The standard InChI is InChI=1S/C24H28N4OS/c1-26-17-19-16-20(6-7-22(19)25-18-26)29-14-3-9-27-10-12-28(13-11-27)23-4-2-5-24-21(23)8-15-30-24/h2,4-8,15-17H,3,9-14,18H2,1H3. The third-order valence-corrected chi connectivity index (χ3v) is 6.78. The van der Waals surface area contributed by atoms with E-state index in [0.717, 1.165) is 68.7 Å². The molecule has 0 N–H and O–H groups in total. The maximum Gasteiger partial charge on any atom is 0.120 e. The van der Waals surface area contributed by atoms with Gasteiger partial charge in [0.2, 0.25) is 0 Å². The first kappa shape index (κ1) is 19.4. The summed E-state index contributed by atoms with van der Waals surface area (Å²) >= 11 is 1.82. The first-order chi connectivity index (χ1) is 14.8. The Morgan fingerprint density at radius 3 is 2.87 bits per heavy atom. The highest BCUT2D eigenvalue weighted by Crippen LogP contribution is 2.31. The molecule has 0 atom stereocenters. The van der Waals surface area contributed by atoms with E-state index in [4.69, 9.17) is 4.74 Å². The van der Waals surface area contributed by atoms with Crippen molar-refractivity contribution >= 4 is 33.3 Å². The molecule has 1 saturated heterocycles. The van der Waals surface area contributed by atoms with Crippen LogP contribution in [0.5, 0.6) is 5.75 Å². The summed E-state index contributed by atoms with van der Waals surface area (Å²) in [5, 5.41) is 5.78. The molecule has 6 heteroatoms. The summed E-state index contributed by atoms with van der Waals surface area (Å²) < 4.78 is 7.39. The fraction of sp³-hybridized carbons (Fsp3) is 0.375. The van der Waals surface area contributed by atoms with Gasteiger partial charge in [0.25, 0.3) is 0 Å². The van der Waals surface area contributed by atoms with Crippen molar-refractivity contribution in [3.05, 3.63) is 58.4 Å². The number of benzene rings is 2. The Hall–Kier alpha value is -2.57. The fourth-order valence-corrected chi connectivity index (χ4v) is 5.09. The molecular weight excluding hydrogens is 392 g/mol. The highest BCUT2D eigenvalue weighted by molar-refractivity contribution is 7.17. The van der Waals surface area contributed by atoms with Crippen molar-refractivity contribution < 1.29 is 4.74 Å². The molecule has 5 rings (SSSR count). The lowest BCUT2D eigenvalue weighted by molar-refractivity contribution is 0.225. The molecule has 0 bridgehead atoms. The van der Waals surface area contributed by atoms with Crippen LogP contribution in [0.25, 0.3) is 16.3 Å². The Morgan fingerprint density at radius 1 is 1.07 bits per heavy atom. The Morgan fingerprint density at radius 2 is 1.97 bits per heavy atom. The van der Waals surface area contributed by atoms with Crippen molar-refractivity contribution in [3.63, 3.8) is 0 Å². The molecule has 30 heavy (non-hydrogen) atoms. The number of piperazine rings is 1. The molecule has 1 fully saturated rings. The van der Waals surface area contributed by atoms with Gasteiger partial charge in [-0.3, -0.25) is 9.89 Å². The second-order valence-electron chi connectivity index (χ2n) is 8.05. The van der Waals surface area contributed by atoms with Crippen LogP contribution in [0.3, 0.4) is 0 Å². The average molecular weight is 421 g/mol. The van der Waals surface area contributed by atoms with Crippen molar-refractivity contribution in [2.24, 2.45) is 4.99 Å². The van der Waals surface area contributed by atoms with Gasteiger partial charge in [-0.05, 0) is 48.2 Å². The summed E-state index contributed by atoms with van der Waals surface area (Å²) in [5.74, 6) is 0.934. The zero-order valence-electron chi connectivity index (χ0n) is 17.5. The summed E-state index contributed by atoms with van der Waals surface area (Å²) in [6.07, 6.45) is 3.18. The highest BCUT2D eigenvalue weighted by Gasteiger charge is 2.18. The van der Waals surface area contributed by atoms with E-state index in [-0.39, 0.29) is 0 Å². The summed E-state index contributed by atoms with van der Waals surface area (Å²) in [6, 6.07) is 15.1. The molecule has 0 unspecified atom stereocenters. The number of nitrogens with zero attached hydrogens (tertiary/aromatic N) is 4. The van der Waals surface area contributed by atoms with Crippen molar-refractivity contribution in [2.45, 2.75) is 6.42 Å². The molecule has 0 radical (unpaired) electrons. The van der Waals surface area contributed by atoms with Crippen LogP contribution in [0.2, 0.25) is 0 Å². The minimum Gasteiger partial charge on any atom is -0.494 e. The van der Waals surface area contributed by atoms with Crippen molar-refractivity contribution in [1.82, 2.24) is 9.80 Å². The second-order valence-corrected chi connectivity index (χ2v) is 8.99. The Balaban J connectivity index is 1.09. The van der Waals surface area contributed by atoms with Crippen molar-refractivity contribution in [2.75, 3.05) is 57.9 Å². The van der Waals surface area contributed by atoms with Crippen LogP contribution in [-0.2, 0) is 0 Å². The predicted octanol–water partition coefficient (Wildman–Crippen LogP) is 2.75. The van der Waals surface area contributed by atoms with Crippen LogP contribution in [0, 0.1) is 0 Å². The van der Waals surface area contributed by atoms with E-state index < -0.39 is 0 Å². The molecule has 1 aromatic heterocycles. The lowest BCUT2D eigenvalue weighted by Gasteiger charge is -2.36. The van der Waals surface area contributed by atoms with Gasteiger partial charge in [0.1, 0.15) is 12.4 Å². The predicted molar refractivity (Wildman–Crippen MR) is 125 cm³/mol. The van der Waals surface area contributed by atoms with Gasteiger partial charge in [-0.15, -0.1) is 11.3 Å². The van der Waals surface area contributed by atoms with Gasteiger partial charge in [-0.2, -0.15) is 0 Å². The van der Waals surface area contributed by atoms with E-state index in [1.54, 1.807) is 0 Å². The highest BCUT2D eigenvalue weighted by atomic mass is 32.1. The van der Waals surface area contributed by atoms with Gasteiger partial charge >= 0.3 is 0 Å². The lowest BCUT2D eigenvalue weighted by atomic mass is 10.2. The number of ether oxygens (including phenoxy) is 1. The summed E-state index contributed by atoms with van der Waals surface area (Å²) in [5.41, 5.74) is 1.39. The molecule has 2 aliphatic heterocycles. The van der Waals surface area contributed by atoms with Gasteiger partial charge in [0.05, 0.1) is 12.0 Å². The summed E-state index contributed by atoms with van der Waals surface area (Å²) in [6.45, 7) is 6.97. The average Bonchev–Trinajstić information content (AvgIpc) is 3.26. The van der Waals surface area contributed by atoms with Gasteiger partial charge in [-0.1, -0.05) is 6.07 Å². The Kier molecular flexibility index (Phi) is 5.60. The van der Waals surface area contributed by atoms with E-state index in [1.807, 2.05) is 24.5 Å². The van der Waals surface area contributed by atoms with E-state index in [9.17, 15) is 0 Å². The third kappa shape index (κ3) is 4.16. The van der Waals surface area contributed by atoms with Gasteiger partial charge in [0.15, 0.2) is 0 Å². The smallest absolute Gasteiger partial charge is 0.120 e. The monoisotopic (exact) mass is 420 g/mol. The molecular formula is C24H28N4OS. The maximum absolute atomic E-state index is 6.01. The molecule has 2 aromatic carbocycles. The van der Waals surface area contributed by atoms with E-state index >= 15 is 0 Å². The largest absolute Gasteiger partial charge is 0.494 e. The topological polar surface area (TPSA) is 31.3 Å². The summed E-state index contributed by atoms with van der Waals surface area (Å²) in [4.78, 5) is 11.7. The number of thiophene rings is 1. The zero-order valence-corrected chi connectivity index (χ0v) is 18.3. The van der Waals surface area contributed by atoms with Crippen LogP contribution in [0.1, 0.15) is 6.42 Å². The molecule has 3 aromatic rings. The van der Waals surface area contributed by atoms with Gasteiger partial charge < -0.3 is 14.5 Å². The maximum atomic E-state index is 6.01. The molecule has 3 heterocycles. The quantitative estimate of drug-likeness (QED) is 0.574. The molecule has 2 aliphatic rings. The van der Waals surface area contributed by atoms with Crippen molar-refractivity contribution in [1.29, 1.82) is 0 Å². The number of hydrogen-bond acceptors (Lipinski definition) is 6. The van der Waals surface area contributed by atoms with E-state index in [1.165, 1.54) is 15.8 Å². The second kappa shape index (κ2) is 8.66. The van der Waals surface area contributed by atoms with Gasteiger partial charge in [0, 0.05) is 67.0 Å². The minimum absolute atomic E-state index is 0.725. The molecule has 156 valence electrons. The number of rotatable bonds is 6. The molecule has 0 aliphatic carbocycles. The van der Waals surface area contributed by atoms with E-state index in [2.05, 4.69) is 67.7 Å². The number of anilines is 1. The molecule has 5 nitrogen and oxygen atoms in total. The van der Waals surface area contributed by atoms with Gasteiger partial charge in [-0.25, -0.2) is 0 Å². The van der Waals surface area contributed by atoms with Crippen LogP contribution >= 0.6 is 11.3 Å². The third-order valence-electron chi connectivity index (χ3n) is 5.90. The van der Waals surface area contributed by atoms with Crippen LogP contribution in [0.4, 0.5) is 5.69 Å². The van der Waals surface area contributed by atoms with Crippen molar-refractivity contribution in [3.8, 4) is 5.75 Å². The molecule has 0 saturated carbocycles. The first-order valence-corrected chi connectivity index (χ1v) is 11.6. The van der Waals surface area contributed by atoms with Crippen LogP contribution < -0.4 is 20.2 Å². The van der Waals surface area contributed by atoms with E-state index in [0.29, 0.717) is 0 Å². The molecule has 0 spiro atoms. The number of hydrogen-bond donors (Lipinski definition) is 0. The minimum atomic E-state index is 0.725. The van der Waals surface area contributed by atoms with Crippen LogP contribution in [0.15, 0.2) is 52.8 Å². The Bertz CT molecular complexity index is 1130. The van der Waals surface area contributed by atoms with Crippen LogP contribution in [-0.4, -0.2) is 62.8 Å². The fourth-order valence-electron chi connectivity index (χ4n) is 4.28. The Labute approximate surface area is 181 Å².